The van der Waals surface area contributed by atoms with Gasteiger partial charge < -0.3 is 24.1 Å². The molecule has 3 saturated heterocycles. The number of ether oxygens (including phenoxy) is 2. The number of ketones is 1. The minimum atomic E-state index is -1.06. The Morgan fingerprint density at radius 2 is 2.06 bits per heavy atom. The highest BCUT2D eigenvalue weighted by atomic mass is 16.5. The second-order valence-corrected chi connectivity index (χ2v) is 9.77. The molecule has 1 aromatic carbocycles. The summed E-state index contributed by atoms with van der Waals surface area (Å²) in [6.45, 7) is 3.78. The van der Waals surface area contributed by atoms with Crippen molar-refractivity contribution in [3.05, 3.63) is 66.1 Å². The number of anilines is 1. The normalized spacial score (nSPS) is 34.0. The molecule has 0 radical (unpaired) electrons. The first-order valence-electron chi connectivity index (χ1n) is 12.2. The second kappa shape index (κ2) is 8.16. The molecule has 1 N–H and O–H groups in total. The third-order valence-electron chi connectivity index (χ3n) is 7.90. The van der Waals surface area contributed by atoms with E-state index in [2.05, 4.69) is 5.32 Å². The summed E-state index contributed by atoms with van der Waals surface area (Å²) >= 11 is 0. The third kappa shape index (κ3) is 3.12. The summed E-state index contributed by atoms with van der Waals surface area (Å²) in [4.78, 5) is 54.4. The first-order chi connectivity index (χ1) is 17.4. The van der Waals surface area contributed by atoms with E-state index in [4.69, 9.17) is 13.9 Å². The monoisotopic (exact) mass is 490 g/mol. The van der Waals surface area contributed by atoms with E-state index in [1.807, 2.05) is 19.1 Å². The maximum Gasteiger partial charge on any atom is 0.338 e. The number of furan rings is 1. The van der Waals surface area contributed by atoms with Crippen molar-refractivity contribution in [2.24, 2.45) is 17.8 Å². The molecular formula is C27H26N2O7. The van der Waals surface area contributed by atoms with Crippen LogP contribution in [0.4, 0.5) is 5.69 Å². The summed E-state index contributed by atoms with van der Waals surface area (Å²) in [5.74, 6) is -2.49. The zero-order chi connectivity index (χ0) is 25.2. The lowest BCUT2D eigenvalue weighted by Crippen LogP contribution is -2.55. The van der Waals surface area contributed by atoms with E-state index in [0.717, 1.165) is 0 Å². The highest BCUT2D eigenvalue weighted by molar-refractivity contribution is 6.01. The molecule has 2 bridgehead atoms. The van der Waals surface area contributed by atoms with Crippen LogP contribution in [0.5, 0.6) is 0 Å². The van der Waals surface area contributed by atoms with Gasteiger partial charge in [0, 0.05) is 18.0 Å². The lowest BCUT2D eigenvalue weighted by atomic mass is 9.70. The number of hydrogen-bond donors (Lipinski definition) is 1. The summed E-state index contributed by atoms with van der Waals surface area (Å²) in [6.07, 6.45) is 4.78. The van der Waals surface area contributed by atoms with E-state index in [0.29, 0.717) is 17.0 Å². The Morgan fingerprint density at radius 3 is 2.81 bits per heavy atom. The average molecular weight is 491 g/mol. The van der Waals surface area contributed by atoms with Crippen LogP contribution in [0.25, 0.3) is 0 Å². The average Bonchev–Trinajstić information content (AvgIpc) is 3.64. The molecule has 9 nitrogen and oxygen atoms in total. The molecular weight excluding hydrogens is 464 g/mol. The Labute approximate surface area is 207 Å². The fraction of sp³-hybridized carbons (Fsp3) is 0.407. The molecule has 1 spiro atoms. The Balaban J connectivity index is 1.32. The van der Waals surface area contributed by atoms with Crippen molar-refractivity contribution >= 4 is 29.3 Å². The van der Waals surface area contributed by atoms with Gasteiger partial charge in [-0.3, -0.25) is 14.4 Å². The second-order valence-electron chi connectivity index (χ2n) is 9.77. The van der Waals surface area contributed by atoms with Crippen LogP contribution < -0.4 is 5.32 Å². The van der Waals surface area contributed by atoms with Gasteiger partial charge in [0.2, 0.25) is 11.8 Å². The molecule has 36 heavy (non-hydrogen) atoms. The smallest absolute Gasteiger partial charge is 0.338 e. The fourth-order valence-corrected chi connectivity index (χ4v) is 6.43. The van der Waals surface area contributed by atoms with Gasteiger partial charge in [-0.2, -0.15) is 0 Å². The van der Waals surface area contributed by atoms with Gasteiger partial charge in [0.05, 0.1) is 48.5 Å². The first-order valence-corrected chi connectivity index (χ1v) is 12.2. The van der Waals surface area contributed by atoms with Gasteiger partial charge in [-0.1, -0.05) is 25.1 Å². The molecule has 0 unspecified atom stereocenters. The molecule has 9 heteroatoms. The SMILES string of the molecule is CCOC(=O)c1cccc(NC(=O)[C@H]2[C@H]3C(=O)N4[C@H](c5ccco5)CC(=O)[C@H](C)[C@@H]4[C@]34C=C[C@H]2O4)c1. The largest absolute Gasteiger partial charge is 0.467 e. The van der Waals surface area contributed by atoms with Crippen LogP contribution in [0, 0.1) is 17.8 Å². The number of nitrogens with zero attached hydrogens (tertiary/aromatic N) is 1. The maximum absolute atomic E-state index is 14.0. The number of Topliss-reactive ketones (excluding diaryl/α,β-unsaturated/α-hetero) is 1. The molecule has 186 valence electrons. The minimum absolute atomic E-state index is 0.0320. The number of carbonyl (C=O) groups excluding carboxylic acids is 4. The van der Waals surface area contributed by atoms with E-state index >= 15 is 0 Å². The number of fused-ring (bicyclic) bond motifs is 2. The van der Waals surface area contributed by atoms with Gasteiger partial charge in [0.25, 0.3) is 0 Å². The summed E-state index contributed by atoms with van der Waals surface area (Å²) in [5.41, 5.74) is -0.318. The molecule has 2 aromatic rings. The number of carbonyl (C=O) groups is 4. The van der Waals surface area contributed by atoms with Crippen molar-refractivity contribution in [1.82, 2.24) is 4.90 Å². The van der Waals surface area contributed by atoms with Crippen molar-refractivity contribution in [2.75, 3.05) is 11.9 Å². The molecule has 0 aliphatic carbocycles. The van der Waals surface area contributed by atoms with Crippen molar-refractivity contribution in [1.29, 1.82) is 0 Å². The molecule has 3 fully saturated rings. The summed E-state index contributed by atoms with van der Waals surface area (Å²) in [7, 11) is 0. The maximum atomic E-state index is 14.0. The van der Waals surface area contributed by atoms with Crippen molar-refractivity contribution in [3.8, 4) is 0 Å². The predicted molar refractivity (Wildman–Crippen MR) is 126 cm³/mol. The number of hydrogen-bond acceptors (Lipinski definition) is 7. The van der Waals surface area contributed by atoms with Gasteiger partial charge in [0.1, 0.15) is 17.1 Å². The van der Waals surface area contributed by atoms with Crippen molar-refractivity contribution < 1.29 is 33.1 Å². The Hall–Kier alpha value is -3.72. The van der Waals surface area contributed by atoms with Gasteiger partial charge >= 0.3 is 5.97 Å². The van der Waals surface area contributed by atoms with Gasteiger partial charge in [-0.05, 0) is 37.3 Å². The number of esters is 1. The van der Waals surface area contributed by atoms with Crippen LogP contribution in [-0.4, -0.2) is 52.8 Å². The van der Waals surface area contributed by atoms with Crippen molar-refractivity contribution in [3.63, 3.8) is 0 Å². The van der Waals surface area contributed by atoms with E-state index in [-0.39, 0.29) is 30.6 Å². The quantitative estimate of drug-likeness (QED) is 0.506. The highest BCUT2D eigenvalue weighted by Crippen LogP contribution is 2.60. The lowest BCUT2D eigenvalue weighted by molar-refractivity contribution is -0.147. The minimum Gasteiger partial charge on any atom is -0.467 e. The molecule has 1 aromatic heterocycles. The number of piperidine rings is 1. The number of benzene rings is 1. The zero-order valence-electron chi connectivity index (χ0n) is 19.9. The van der Waals surface area contributed by atoms with Crippen LogP contribution in [0.2, 0.25) is 0 Å². The van der Waals surface area contributed by atoms with Gasteiger partial charge in [-0.15, -0.1) is 0 Å². The first kappa shape index (κ1) is 22.7. The van der Waals surface area contributed by atoms with Gasteiger partial charge in [0.15, 0.2) is 0 Å². The van der Waals surface area contributed by atoms with Crippen LogP contribution in [0.15, 0.2) is 59.2 Å². The highest BCUT2D eigenvalue weighted by Gasteiger charge is 2.74. The Morgan fingerprint density at radius 1 is 1.22 bits per heavy atom. The van der Waals surface area contributed by atoms with E-state index in [9.17, 15) is 19.2 Å². The van der Waals surface area contributed by atoms with Gasteiger partial charge in [-0.25, -0.2) is 4.79 Å². The Kier molecular flexibility index (Phi) is 5.15. The topological polar surface area (TPSA) is 115 Å². The standard InChI is InChI=1S/C27H26N2O7/c1-3-34-26(33)15-6-4-7-16(12-15)28-24(31)21-20-9-10-27(36-20)22(21)25(32)29-17(19-8-5-11-35-19)13-18(30)14(2)23(27)29/h4-12,14,17,20-23H,3,13H2,1-2H3,(H,28,31)/t14-,17-,20+,21+,22-,23+,27-/m0/s1. The molecule has 6 rings (SSSR count). The molecule has 2 amide bonds. The van der Waals surface area contributed by atoms with E-state index in [1.165, 1.54) is 6.26 Å². The van der Waals surface area contributed by atoms with Crippen LogP contribution >= 0.6 is 0 Å². The molecule has 7 atom stereocenters. The number of nitrogens with one attached hydrogen (secondary N) is 1. The summed E-state index contributed by atoms with van der Waals surface area (Å²) in [6, 6.07) is 8.91. The zero-order valence-corrected chi connectivity index (χ0v) is 19.9. The lowest BCUT2D eigenvalue weighted by Gasteiger charge is -2.43. The number of amides is 2. The van der Waals surface area contributed by atoms with Crippen LogP contribution in [0.3, 0.4) is 0 Å². The molecule has 0 saturated carbocycles. The fourth-order valence-electron chi connectivity index (χ4n) is 6.43. The Bertz CT molecular complexity index is 1280. The predicted octanol–water partition coefficient (Wildman–Crippen LogP) is 2.90. The third-order valence-corrected chi connectivity index (χ3v) is 7.90. The molecule has 4 aliphatic rings. The molecule has 4 aliphatic heterocycles. The van der Waals surface area contributed by atoms with Crippen LogP contribution in [0.1, 0.15) is 42.4 Å². The molecule has 5 heterocycles. The number of rotatable bonds is 5. The van der Waals surface area contributed by atoms with Crippen LogP contribution in [-0.2, 0) is 23.9 Å². The summed E-state index contributed by atoms with van der Waals surface area (Å²) in [5, 5.41) is 2.86. The van der Waals surface area contributed by atoms with Crippen molar-refractivity contribution in [2.45, 2.75) is 44.1 Å². The summed E-state index contributed by atoms with van der Waals surface area (Å²) < 4.78 is 17.0. The van der Waals surface area contributed by atoms with E-state index in [1.54, 1.807) is 48.2 Å². The van der Waals surface area contributed by atoms with E-state index < -0.39 is 47.5 Å².